The van der Waals surface area contributed by atoms with E-state index in [1.807, 2.05) is 32.0 Å². The van der Waals surface area contributed by atoms with E-state index in [2.05, 4.69) is 15.5 Å². The van der Waals surface area contributed by atoms with E-state index < -0.39 is 0 Å². The van der Waals surface area contributed by atoms with E-state index in [1.54, 1.807) is 37.3 Å². The number of halogens is 1. The molecule has 0 atom stereocenters. The molecule has 0 saturated carbocycles. The van der Waals surface area contributed by atoms with E-state index >= 15 is 0 Å². The fraction of sp³-hybridized carbons (Fsp3) is 0.174. The SMILES string of the molecule is Cc1onc(-c2ccccc2Cl)c1C(=O)Nc1ccc2c(C(C)C)cc(=O)[nH]c2c1. The van der Waals surface area contributed by atoms with E-state index in [-0.39, 0.29) is 17.4 Å². The molecule has 0 unspecified atom stereocenters. The fourth-order valence-electron chi connectivity index (χ4n) is 3.51. The summed E-state index contributed by atoms with van der Waals surface area (Å²) in [5.41, 5.74) is 3.31. The Kier molecular flexibility index (Phi) is 5.18. The lowest BCUT2D eigenvalue weighted by atomic mass is 9.99. The molecule has 152 valence electrons. The van der Waals surface area contributed by atoms with Crippen molar-refractivity contribution in [1.82, 2.24) is 10.1 Å². The number of hydrogen-bond acceptors (Lipinski definition) is 4. The summed E-state index contributed by atoms with van der Waals surface area (Å²) in [6.45, 7) is 5.75. The topological polar surface area (TPSA) is 88.0 Å². The predicted octanol–water partition coefficient (Wildman–Crippen LogP) is 5.52. The minimum atomic E-state index is -0.370. The average Bonchev–Trinajstić information content (AvgIpc) is 3.08. The van der Waals surface area contributed by atoms with Crippen LogP contribution in [0.15, 0.2) is 57.8 Å². The smallest absolute Gasteiger partial charge is 0.261 e. The largest absolute Gasteiger partial charge is 0.360 e. The van der Waals surface area contributed by atoms with Gasteiger partial charge in [0.25, 0.3) is 5.91 Å². The molecular formula is C23H20ClN3O3. The van der Waals surface area contributed by atoms with Crippen molar-refractivity contribution in [3.8, 4) is 11.3 Å². The second kappa shape index (κ2) is 7.80. The quantitative estimate of drug-likeness (QED) is 0.454. The van der Waals surface area contributed by atoms with Crippen LogP contribution in [0.3, 0.4) is 0 Å². The summed E-state index contributed by atoms with van der Waals surface area (Å²) in [7, 11) is 0. The molecule has 2 N–H and O–H groups in total. The van der Waals surface area contributed by atoms with Crippen LogP contribution in [0.1, 0.15) is 41.4 Å². The van der Waals surface area contributed by atoms with Crippen LogP contribution >= 0.6 is 11.6 Å². The van der Waals surface area contributed by atoms with Crippen LogP contribution < -0.4 is 10.9 Å². The van der Waals surface area contributed by atoms with Crippen LogP contribution in [0.2, 0.25) is 5.02 Å². The summed E-state index contributed by atoms with van der Waals surface area (Å²) in [6, 6.07) is 14.2. The van der Waals surface area contributed by atoms with Gasteiger partial charge in [-0.3, -0.25) is 9.59 Å². The predicted molar refractivity (Wildman–Crippen MR) is 118 cm³/mol. The number of amides is 1. The molecule has 0 fully saturated rings. The van der Waals surface area contributed by atoms with Gasteiger partial charge in [-0.1, -0.05) is 54.9 Å². The van der Waals surface area contributed by atoms with Crippen LogP contribution in [0.4, 0.5) is 5.69 Å². The fourth-order valence-corrected chi connectivity index (χ4v) is 3.74. The third-order valence-electron chi connectivity index (χ3n) is 4.97. The van der Waals surface area contributed by atoms with Crippen molar-refractivity contribution in [2.24, 2.45) is 0 Å². The number of anilines is 1. The molecule has 1 amide bonds. The van der Waals surface area contributed by atoms with Gasteiger partial charge in [0.05, 0.1) is 10.5 Å². The molecule has 30 heavy (non-hydrogen) atoms. The van der Waals surface area contributed by atoms with Crippen molar-refractivity contribution in [3.05, 3.63) is 80.8 Å². The molecule has 0 aliphatic rings. The van der Waals surface area contributed by atoms with E-state index in [4.69, 9.17) is 16.1 Å². The second-order valence-corrected chi connectivity index (χ2v) is 7.81. The zero-order valence-electron chi connectivity index (χ0n) is 16.7. The summed E-state index contributed by atoms with van der Waals surface area (Å²) in [6.07, 6.45) is 0. The summed E-state index contributed by atoms with van der Waals surface area (Å²) in [5.74, 6) is 0.220. The van der Waals surface area contributed by atoms with Gasteiger partial charge in [-0.2, -0.15) is 0 Å². The zero-order chi connectivity index (χ0) is 21.4. The number of carbonyl (C=O) groups excluding carboxylic acids is 1. The number of carbonyl (C=O) groups is 1. The van der Waals surface area contributed by atoms with E-state index in [1.165, 1.54) is 0 Å². The Morgan fingerprint density at radius 1 is 1.17 bits per heavy atom. The normalized spacial score (nSPS) is 11.2. The number of nitrogens with one attached hydrogen (secondary N) is 2. The van der Waals surface area contributed by atoms with Gasteiger partial charge >= 0.3 is 0 Å². The minimum absolute atomic E-state index is 0.175. The number of benzene rings is 2. The second-order valence-electron chi connectivity index (χ2n) is 7.40. The maximum absolute atomic E-state index is 13.1. The molecule has 0 radical (unpaired) electrons. The molecule has 6 nitrogen and oxygen atoms in total. The maximum atomic E-state index is 13.1. The van der Waals surface area contributed by atoms with E-state index in [0.717, 1.165) is 10.9 Å². The number of aromatic amines is 1. The van der Waals surface area contributed by atoms with Gasteiger partial charge in [0.15, 0.2) is 0 Å². The third kappa shape index (κ3) is 3.62. The van der Waals surface area contributed by atoms with Crippen LogP contribution in [-0.4, -0.2) is 16.0 Å². The van der Waals surface area contributed by atoms with Crippen molar-refractivity contribution in [2.75, 3.05) is 5.32 Å². The van der Waals surface area contributed by atoms with Crippen LogP contribution in [0, 0.1) is 6.92 Å². The lowest BCUT2D eigenvalue weighted by Crippen LogP contribution is -2.14. The Bertz CT molecular complexity index is 1320. The molecule has 2 aromatic carbocycles. The molecule has 4 aromatic rings. The Morgan fingerprint density at radius 2 is 1.93 bits per heavy atom. The lowest BCUT2D eigenvalue weighted by molar-refractivity contribution is 0.102. The number of nitrogens with zero attached hydrogens (tertiary/aromatic N) is 1. The molecule has 0 bridgehead atoms. The van der Waals surface area contributed by atoms with E-state index in [0.29, 0.717) is 38.8 Å². The van der Waals surface area contributed by atoms with E-state index in [9.17, 15) is 9.59 Å². The van der Waals surface area contributed by atoms with Gasteiger partial charge in [0, 0.05) is 22.7 Å². The first kappa shape index (κ1) is 19.9. The summed E-state index contributed by atoms with van der Waals surface area (Å²) in [5, 5.41) is 8.33. The minimum Gasteiger partial charge on any atom is -0.360 e. The lowest BCUT2D eigenvalue weighted by Gasteiger charge is -2.11. The van der Waals surface area contributed by atoms with Crippen molar-refractivity contribution >= 4 is 34.1 Å². The van der Waals surface area contributed by atoms with Gasteiger partial charge in [-0.15, -0.1) is 0 Å². The molecule has 0 saturated heterocycles. The van der Waals surface area contributed by atoms with Crippen molar-refractivity contribution in [1.29, 1.82) is 0 Å². The van der Waals surface area contributed by atoms with Gasteiger partial charge in [-0.25, -0.2) is 0 Å². The summed E-state index contributed by atoms with van der Waals surface area (Å²) in [4.78, 5) is 27.9. The monoisotopic (exact) mass is 421 g/mol. The van der Waals surface area contributed by atoms with Crippen LogP contribution in [-0.2, 0) is 0 Å². The number of pyridine rings is 1. The van der Waals surface area contributed by atoms with Gasteiger partial charge in [0.1, 0.15) is 17.0 Å². The molecule has 0 aliphatic carbocycles. The van der Waals surface area contributed by atoms with Gasteiger partial charge in [0.2, 0.25) is 5.56 Å². The Labute approximate surface area is 177 Å². The number of aromatic nitrogens is 2. The molecule has 2 aromatic heterocycles. The molecule has 2 heterocycles. The number of H-pyrrole nitrogens is 1. The first-order valence-electron chi connectivity index (χ1n) is 9.54. The van der Waals surface area contributed by atoms with Gasteiger partial charge < -0.3 is 14.8 Å². The highest BCUT2D eigenvalue weighted by molar-refractivity contribution is 6.33. The number of rotatable bonds is 4. The highest BCUT2D eigenvalue weighted by atomic mass is 35.5. The maximum Gasteiger partial charge on any atom is 0.261 e. The number of aryl methyl sites for hydroxylation is 1. The third-order valence-corrected chi connectivity index (χ3v) is 5.30. The standard InChI is InChI=1S/C23H20ClN3O3/c1-12(2)17-11-20(28)26-19-10-14(8-9-15(17)19)25-23(29)21-13(3)30-27-22(21)16-6-4-5-7-18(16)24/h4-12H,1-3H3,(H,25,29)(H,26,28). The van der Waals surface area contributed by atoms with Crippen LogP contribution in [0.25, 0.3) is 22.2 Å². The highest BCUT2D eigenvalue weighted by Gasteiger charge is 2.23. The molecule has 4 rings (SSSR count). The Balaban J connectivity index is 1.72. The van der Waals surface area contributed by atoms with Crippen molar-refractivity contribution < 1.29 is 9.32 Å². The first-order valence-corrected chi connectivity index (χ1v) is 9.92. The first-order chi connectivity index (χ1) is 14.3. The Morgan fingerprint density at radius 3 is 2.67 bits per heavy atom. The highest BCUT2D eigenvalue weighted by Crippen LogP contribution is 2.32. The molecular weight excluding hydrogens is 402 g/mol. The number of hydrogen-bond donors (Lipinski definition) is 2. The molecule has 0 spiro atoms. The summed E-state index contributed by atoms with van der Waals surface area (Å²) >= 11 is 6.28. The zero-order valence-corrected chi connectivity index (χ0v) is 17.5. The van der Waals surface area contributed by atoms with Crippen LogP contribution in [0.5, 0.6) is 0 Å². The van der Waals surface area contributed by atoms with Gasteiger partial charge in [-0.05, 0) is 36.6 Å². The average molecular weight is 422 g/mol. The van der Waals surface area contributed by atoms with Crippen molar-refractivity contribution in [3.63, 3.8) is 0 Å². The number of fused-ring (bicyclic) bond motifs is 1. The molecule has 7 heteroatoms. The van der Waals surface area contributed by atoms with Crippen molar-refractivity contribution in [2.45, 2.75) is 26.7 Å². The Hall–Kier alpha value is -3.38. The molecule has 0 aliphatic heterocycles. The summed E-state index contributed by atoms with van der Waals surface area (Å²) < 4.78 is 5.27.